The number of nitrogens with one attached hydrogen (secondary N) is 1. The van der Waals surface area contributed by atoms with Gasteiger partial charge in [0.15, 0.2) is 5.78 Å². The second-order valence-corrected chi connectivity index (χ2v) is 5.64. The smallest absolute Gasteiger partial charge is 0.171 e. The van der Waals surface area contributed by atoms with Crippen molar-refractivity contribution in [3.63, 3.8) is 0 Å². The van der Waals surface area contributed by atoms with E-state index in [1.165, 1.54) is 6.33 Å². The van der Waals surface area contributed by atoms with Crippen molar-refractivity contribution in [3.05, 3.63) is 58.5 Å². The SMILES string of the molecule is O=C(c1ccc(Cl)cc1)C1C=CSC1c1ncn[nH]1. The number of benzene rings is 1. The maximum absolute atomic E-state index is 12.5. The summed E-state index contributed by atoms with van der Waals surface area (Å²) in [5, 5.41) is 9.19. The van der Waals surface area contributed by atoms with E-state index in [9.17, 15) is 4.79 Å². The number of allylic oxidation sites excluding steroid dienone is 1. The highest BCUT2D eigenvalue weighted by Gasteiger charge is 2.33. The van der Waals surface area contributed by atoms with Crippen LogP contribution in [0, 0.1) is 5.92 Å². The van der Waals surface area contributed by atoms with Crippen LogP contribution in [0.25, 0.3) is 0 Å². The van der Waals surface area contributed by atoms with Crippen LogP contribution in [0.15, 0.2) is 42.1 Å². The number of rotatable bonds is 3. The zero-order valence-electron chi connectivity index (χ0n) is 9.79. The normalized spacial score (nSPS) is 21.7. The summed E-state index contributed by atoms with van der Waals surface area (Å²) in [6, 6.07) is 6.95. The minimum Gasteiger partial charge on any atom is -0.293 e. The fourth-order valence-electron chi connectivity index (χ4n) is 2.02. The van der Waals surface area contributed by atoms with E-state index in [1.54, 1.807) is 36.0 Å². The molecule has 4 nitrogen and oxygen atoms in total. The van der Waals surface area contributed by atoms with Crippen LogP contribution >= 0.6 is 23.4 Å². The van der Waals surface area contributed by atoms with E-state index >= 15 is 0 Å². The molecule has 0 radical (unpaired) electrons. The van der Waals surface area contributed by atoms with Gasteiger partial charge in [-0.05, 0) is 29.7 Å². The molecule has 0 saturated carbocycles. The zero-order chi connectivity index (χ0) is 13.2. The summed E-state index contributed by atoms with van der Waals surface area (Å²) in [7, 11) is 0. The molecule has 3 rings (SSSR count). The van der Waals surface area contributed by atoms with E-state index in [4.69, 9.17) is 11.6 Å². The van der Waals surface area contributed by atoms with Gasteiger partial charge in [-0.25, -0.2) is 4.98 Å². The molecule has 0 aliphatic carbocycles. The van der Waals surface area contributed by atoms with Gasteiger partial charge in [-0.3, -0.25) is 9.89 Å². The third kappa shape index (κ3) is 2.43. The molecule has 2 unspecified atom stereocenters. The van der Waals surface area contributed by atoms with Gasteiger partial charge in [0, 0.05) is 10.6 Å². The van der Waals surface area contributed by atoms with Crippen molar-refractivity contribution in [2.75, 3.05) is 0 Å². The number of thioether (sulfide) groups is 1. The average Bonchev–Trinajstić information content (AvgIpc) is 3.09. The Balaban J connectivity index is 1.86. The first-order chi connectivity index (χ1) is 9.25. The molecule has 0 fully saturated rings. The van der Waals surface area contributed by atoms with Crippen LogP contribution in [-0.4, -0.2) is 21.0 Å². The molecule has 0 saturated heterocycles. The number of H-pyrrole nitrogens is 1. The Hall–Kier alpha value is -1.59. The first-order valence-electron chi connectivity index (χ1n) is 5.73. The number of halogens is 1. The quantitative estimate of drug-likeness (QED) is 0.882. The minimum absolute atomic E-state index is 0.0364. The van der Waals surface area contributed by atoms with Crippen LogP contribution in [0.1, 0.15) is 21.4 Å². The molecule has 2 atom stereocenters. The summed E-state index contributed by atoms with van der Waals surface area (Å²) in [6.45, 7) is 0. The van der Waals surface area contributed by atoms with Gasteiger partial charge in [0.1, 0.15) is 12.2 Å². The Morgan fingerprint density at radius 3 is 2.79 bits per heavy atom. The lowest BCUT2D eigenvalue weighted by molar-refractivity contribution is 0.0943. The molecule has 0 bridgehead atoms. The van der Waals surface area contributed by atoms with Crippen LogP contribution in [0.4, 0.5) is 0 Å². The number of nitrogens with zero attached hydrogens (tertiary/aromatic N) is 2. The van der Waals surface area contributed by atoms with Crippen LogP contribution in [0.5, 0.6) is 0 Å². The highest BCUT2D eigenvalue weighted by molar-refractivity contribution is 8.02. The molecular weight excluding hydrogens is 282 g/mol. The topological polar surface area (TPSA) is 58.6 Å². The lowest BCUT2D eigenvalue weighted by Gasteiger charge is -2.15. The van der Waals surface area contributed by atoms with Crippen molar-refractivity contribution in [3.8, 4) is 0 Å². The van der Waals surface area contributed by atoms with Gasteiger partial charge in [-0.1, -0.05) is 17.7 Å². The average molecular weight is 292 g/mol. The lowest BCUT2D eigenvalue weighted by atomic mass is 9.94. The van der Waals surface area contributed by atoms with Gasteiger partial charge in [0.2, 0.25) is 0 Å². The number of hydrogen-bond acceptors (Lipinski definition) is 4. The highest BCUT2D eigenvalue weighted by Crippen LogP contribution is 2.42. The molecule has 1 aliphatic rings. The summed E-state index contributed by atoms with van der Waals surface area (Å²) in [5.41, 5.74) is 0.658. The van der Waals surface area contributed by atoms with Gasteiger partial charge >= 0.3 is 0 Å². The number of Topliss-reactive ketones (excluding diaryl/α,β-unsaturated/α-hetero) is 1. The highest BCUT2D eigenvalue weighted by atomic mass is 35.5. The van der Waals surface area contributed by atoms with Crippen molar-refractivity contribution in [2.24, 2.45) is 5.92 Å². The summed E-state index contributed by atoms with van der Waals surface area (Å²) < 4.78 is 0. The molecule has 0 amide bonds. The molecule has 1 N–H and O–H groups in total. The molecule has 1 aromatic carbocycles. The van der Waals surface area contributed by atoms with E-state index in [2.05, 4.69) is 15.2 Å². The number of ketones is 1. The van der Waals surface area contributed by atoms with E-state index in [0.717, 1.165) is 5.82 Å². The fraction of sp³-hybridized carbons (Fsp3) is 0.154. The number of aromatic amines is 1. The van der Waals surface area contributed by atoms with Gasteiger partial charge in [0.25, 0.3) is 0 Å². The Morgan fingerprint density at radius 1 is 1.32 bits per heavy atom. The van der Waals surface area contributed by atoms with Crippen molar-refractivity contribution in [2.45, 2.75) is 5.25 Å². The Labute approximate surface area is 119 Å². The summed E-state index contributed by atoms with van der Waals surface area (Å²) in [6.07, 6.45) is 3.37. The summed E-state index contributed by atoms with van der Waals surface area (Å²) in [5.74, 6) is 0.570. The molecule has 19 heavy (non-hydrogen) atoms. The van der Waals surface area contributed by atoms with Gasteiger partial charge in [0.05, 0.1) is 11.2 Å². The number of carbonyl (C=O) groups excluding carboxylic acids is 1. The van der Waals surface area contributed by atoms with Crippen molar-refractivity contribution in [1.82, 2.24) is 15.2 Å². The Kier molecular flexibility index (Phi) is 3.40. The van der Waals surface area contributed by atoms with Gasteiger partial charge in [-0.15, -0.1) is 11.8 Å². The maximum atomic E-state index is 12.5. The molecule has 6 heteroatoms. The second-order valence-electron chi connectivity index (χ2n) is 4.15. The molecule has 96 valence electrons. The van der Waals surface area contributed by atoms with E-state index in [1.807, 2.05) is 11.5 Å². The molecule has 2 heterocycles. The fourth-order valence-corrected chi connectivity index (χ4v) is 3.20. The molecule has 2 aromatic rings. The number of aromatic nitrogens is 3. The lowest BCUT2D eigenvalue weighted by Crippen LogP contribution is -2.17. The maximum Gasteiger partial charge on any atom is 0.171 e. The first-order valence-corrected chi connectivity index (χ1v) is 7.05. The summed E-state index contributed by atoms with van der Waals surface area (Å²) in [4.78, 5) is 16.6. The Morgan fingerprint density at radius 2 is 2.11 bits per heavy atom. The molecule has 1 aromatic heterocycles. The summed E-state index contributed by atoms with van der Waals surface area (Å²) >= 11 is 7.41. The van der Waals surface area contributed by atoms with Gasteiger partial charge < -0.3 is 0 Å². The standard InChI is InChI=1S/C13H10ClN3OS/c14-9-3-1-8(2-4-9)11(18)10-5-6-19-12(10)13-15-7-16-17-13/h1-7,10,12H,(H,15,16,17). The third-order valence-corrected chi connectivity index (χ3v) is 4.35. The van der Waals surface area contributed by atoms with Crippen LogP contribution in [-0.2, 0) is 0 Å². The largest absolute Gasteiger partial charge is 0.293 e. The van der Waals surface area contributed by atoms with Crippen molar-refractivity contribution < 1.29 is 4.79 Å². The number of carbonyl (C=O) groups is 1. The van der Waals surface area contributed by atoms with E-state index in [-0.39, 0.29) is 17.0 Å². The third-order valence-electron chi connectivity index (χ3n) is 2.97. The van der Waals surface area contributed by atoms with Crippen molar-refractivity contribution in [1.29, 1.82) is 0 Å². The molecular formula is C13H10ClN3OS. The van der Waals surface area contributed by atoms with E-state index < -0.39 is 0 Å². The number of hydrogen-bond donors (Lipinski definition) is 1. The van der Waals surface area contributed by atoms with Crippen molar-refractivity contribution >= 4 is 29.1 Å². The van der Waals surface area contributed by atoms with Gasteiger partial charge in [-0.2, -0.15) is 5.10 Å². The second kappa shape index (κ2) is 5.19. The first kappa shape index (κ1) is 12.4. The molecule has 0 spiro atoms. The van der Waals surface area contributed by atoms with Crippen LogP contribution < -0.4 is 0 Å². The van der Waals surface area contributed by atoms with Crippen LogP contribution in [0.2, 0.25) is 5.02 Å². The minimum atomic E-state index is -0.223. The monoisotopic (exact) mass is 291 g/mol. The predicted octanol–water partition coefficient (Wildman–Crippen LogP) is 3.26. The van der Waals surface area contributed by atoms with E-state index in [0.29, 0.717) is 10.6 Å². The molecule has 1 aliphatic heterocycles. The zero-order valence-corrected chi connectivity index (χ0v) is 11.4. The van der Waals surface area contributed by atoms with Crippen LogP contribution in [0.3, 0.4) is 0 Å². The Bertz CT molecular complexity index is 609. The predicted molar refractivity (Wildman–Crippen MR) is 75.1 cm³/mol.